The number of para-hydroxylation sites is 3. The molecule has 154 valence electrons. The maximum Gasteiger partial charge on any atom is 0.127 e. The molecule has 1 N–H and O–H groups in total. The first-order chi connectivity index (χ1) is 14.8. The molecule has 4 nitrogen and oxygen atoms in total. The van der Waals surface area contributed by atoms with Crippen molar-refractivity contribution < 1.29 is 4.74 Å². The van der Waals surface area contributed by atoms with Gasteiger partial charge < -0.3 is 14.6 Å². The molecule has 0 aliphatic rings. The molecule has 1 aromatic heterocycles. The van der Waals surface area contributed by atoms with E-state index >= 15 is 0 Å². The summed E-state index contributed by atoms with van der Waals surface area (Å²) in [4.78, 5) is 4.48. The molecule has 1 unspecified atom stereocenters. The molecule has 0 bridgehead atoms. The number of ether oxygens (including phenoxy) is 1. The summed E-state index contributed by atoms with van der Waals surface area (Å²) in [6, 6.07) is 27.0. The molecule has 4 aromatic rings. The molecule has 0 spiro atoms. The zero-order valence-corrected chi connectivity index (χ0v) is 17.5. The van der Waals surface area contributed by atoms with Crippen LogP contribution in [0, 0.1) is 0 Å². The van der Waals surface area contributed by atoms with Crippen molar-refractivity contribution in [1.29, 1.82) is 0 Å². The third kappa shape index (κ3) is 5.08. The number of rotatable bonds is 10. The Hall–Kier alpha value is -3.11. The summed E-state index contributed by atoms with van der Waals surface area (Å²) in [5, 5.41) is 3.74. The summed E-state index contributed by atoms with van der Waals surface area (Å²) in [6.45, 7) is 4.18. The minimum atomic E-state index is 0.361. The van der Waals surface area contributed by atoms with Gasteiger partial charge in [0.1, 0.15) is 11.5 Å². The predicted octanol–water partition coefficient (Wildman–Crippen LogP) is 6.35. The van der Waals surface area contributed by atoms with Gasteiger partial charge in [0.2, 0.25) is 0 Å². The summed E-state index contributed by atoms with van der Waals surface area (Å²) in [6.07, 6.45) is 5.27. The van der Waals surface area contributed by atoms with Gasteiger partial charge >= 0.3 is 0 Å². The van der Waals surface area contributed by atoms with Crippen molar-refractivity contribution in [2.24, 2.45) is 0 Å². The number of aryl methyl sites for hydroxylation is 1. The Morgan fingerprint density at radius 2 is 1.63 bits per heavy atom. The van der Waals surface area contributed by atoms with E-state index in [9.17, 15) is 0 Å². The van der Waals surface area contributed by atoms with Gasteiger partial charge in [0.15, 0.2) is 0 Å². The lowest BCUT2D eigenvalue weighted by molar-refractivity contribution is 0.469. The van der Waals surface area contributed by atoms with E-state index in [1.165, 1.54) is 11.1 Å². The highest BCUT2D eigenvalue weighted by Gasteiger charge is 2.10. The van der Waals surface area contributed by atoms with Crippen LogP contribution in [-0.4, -0.2) is 16.1 Å². The Morgan fingerprint density at radius 3 is 2.43 bits per heavy atom. The van der Waals surface area contributed by atoms with E-state index in [0.29, 0.717) is 6.04 Å². The summed E-state index contributed by atoms with van der Waals surface area (Å²) < 4.78 is 8.16. The van der Waals surface area contributed by atoms with Gasteiger partial charge in [-0.3, -0.25) is 0 Å². The van der Waals surface area contributed by atoms with E-state index in [-0.39, 0.29) is 0 Å². The number of fused-ring (bicyclic) bond motifs is 1. The second-order valence-electron chi connectivity index (χ2n) is 7.56. The predicted molar refractivity (Wildman–Crippen MR) is 123 cm³/mol. The van der Waals surface area contributed by atoms with E-state index in [1.54, 1.807) is 0 Å². The minimum Gasteiger partial charge on any atom is -0.457 e. The van der Waals surface area contributed by atoms with E-state index < -0.39 is 0 Å². The van der Waals surface area contributed by atoms with Gasteiger partial charge in [-0.1, -0.05) is 55.8 Å². The summed E-state index contributed by atoms with van der Waals surface area (Å²) in [5.74, 6) is 1.73. The Labute approximate surface area is 178 Å². The standard InChI is InChI=1S/C26H29N3O/c1-2-9-24(21-14-16-23(17-15-21)30-22-10-4-3-5-11-22)27-18-8-19-29-20-28-25-12-6-7-13-26(25)29/h3-7,10-17,20,24,27H,2,8-9,18-19H2,1H3. The zero-order chi connectivity index (χ0) is 20.6. The molecule has 0 radical (unpaired) electrons. The van der Waals surface area contributed by atoms with Gasteiger partial charge in [-0.05, 0) is 61.3 Å². The Balaban J connectivity index is 1.32. The molecular formula is C26H29N3O. The van der Waals surface area contributed by atoms with E-state index in [1.807, 2.05) is 42.7 Å². The van der Waals surface area contributed by atoms with Gasteiger partial charge in [-0.25, -0.2) is 4.98 Å². The number of nitrogens with zero attached hydrogens (tertiary/aromatic N) is 2. The fourth-order valence-electron chi connectivity index (χ4n) is 3.78. The summed E-state index contributed by atoms with van der Waals surface area (Å²) in [7, 11) is 0. The van der Waals surface area contributed by atoms with E-state index in [4.69, 9.17) is 4.74 Å². The Bertz CT molecular complexity index is 1040. The van der Waals surface area contributed by atoms with Crippen LogP contribution in [0.1, 0.15) is 37.8 Å². The molecule has 3 aromatic carbocycles. The average Bonchev–Trinajstić information content (AvgIpc) is 3.20. The molecule has 0 saturated carbocycles. The third-order valence-electron chi connectivity index (χ3n) is 5.33. The summed E-state index contributed by atoms with van der Waals surface area (Å²) in [5.41, 5.74) is 3.58. The van der Waals surface area contributed by atoms with Gasteiger partial charge in [0.25, 0.3) is 0 Å². The number of nitrogens with one attached hydrogen (secondary N) is 1. The topological polar surface area (TPSA) is 39.1 Å². The van der Waals surface area contributed by atoms with Crippen molar-refractivity contribution in [2.45, 2.75) is 38.8 Å². The first-order valence-corrected chi connectivity index (χ1v) is 10.8. The Kier molecular flexibility index (Phi) is 6.78. The van der Waals surface area contributed by atoms with Crippen LogP contribution >= 0.6 is 0 Å². The van der Waals surface area contributed by atoms with Crippen molar-refractivity contribution in [3.05, 3.63) is 90.8 Å². The van der Waals surface area contributed by atoms with Crippen molar-refractivity contribution in [3.8, 4) is 11.5 Å². The Morgan fingerprint density at radius 1 is 0.900 bits per heavy atom. The minimum absolute atomic E-state index is 0.361. The van der Waals surface area contributed by atoms with Gasteiger partial charge in [0, 0.05) is 12.6 Å². The molecular weight excluding hydrogens is 370 g/mol. The number of hydrogen-bond acceptors (Lipinski definition) is 3. The SMILES string of the molecule is CCCC(NCCCn1cnc2ccccc21)c1ccc(Oc2ccccc2)cc1. The third-order valence-corrected chi connectivity index (χ3v) is 5.33. The number of benzene rings is 3. The van der Waals surface area contributed by atoms with Gasteiger partial charge in [-0.15, -0.1) is 0 Å². The molecule has 4 rings (SSSR count). The molecule has 30 heavy (non-hydrogen) atoms. The lowest BCUT2D eigenvalue weighted by Crippen LogP contribution is -2.23. The van der Waals surface area contributed by atoms with Crippen LogP contribution in [0.15, 0.2) is 85.2 Å². The summed E-state index contributed by atoms with van der Waals surface area (Å²) >= 11 is 0. The number of aromatic nitrogens is 2. The van der Waals surface area contributed by atoms with E-state index in [2.05, 4.69) is 64.3 Å². The molecule has 0 aliphatic heterocycles. The van der Waals surface area contributed by atoms with Crippen molar-refractivity contribution in [3.63, 3.8) is 0 Å². The van der Waals surface area contributed by atoms with Crippen LogP contribution in [0.4, 0.5) is 0 Å². The average molecular weight is 400 g/mol. The monoisotopic (exact) mass is 399 g/mol. The lowest BCUT2D eigenvalue weighted by atomic mass is 10.0. The number of hydrogen-bond donors (Lipinski definition) is 1. The van der Waals surface area contributed by atoms with E-state index in [0.717, 1.165) is 49.4 Å². The molecule has 1 atom stereocenters. The second kappa shape index (κ2) is 10.1. The van der Waals surface area contributed by atoms with Crippen LogP contribution in [0.25, 0.3) is 11.0 Å². The smallest absolute Gasteiger partial charge is 0.127 e. The van der Waals surface area contributed by atoms with Crippen LogP contribution in [-0.2, 0) is 6.54 Å². The molecule has 0 aliphatic carbocycles. The van der Waals surface area contributed by atoms with Gasteiger partial charge in [0.05, 0.1) is 17.4 Å². The molecule has 4 heteroatoms. The highest BCUT2D eigenvalue weighted by atomic mass is 16.5. The highest BCUT2D eigenvalue weighted by Crippen LogP contribution is 2.25. The molecule has 1 heterocycles. The first kappa shape index (κ1) is 20.2. The largest absolute Gasteiger partial charge is 0.457 e. The molecule has 0 saturated heterocycles. The van der Waals surface area contributed by atoms with Gasteiger partial charge in [-0.2, -0.15) is 0 Å². The van der Waals surface area contributed by atoms with Crippen LogP contribution in [0.2, 0.25) is 0 Å². The first-order valence-electron chi connectivity index (χ1n) is 10.8. The molecule has 0 amide bonds. The van der Waals surface area contributed by atoms with Crippen LogP contribution < -0.4 is 10.1 Å². The quantitative estimate of drug-likeness (QED) is 0.316. The lowest BCUT2D eigenvalue weighted by Gasteiger charge is -2.19. The fourth-order valence-corrected chi connectivity index (χ4v) is 3.78. The second-order valence-corrected chi connectivity index (χ2v) is 7.56. The van der Waals surface area contributed by atoms with Crippen LogP contribution in [0.5, 0.6) is 11.5 Å². The van der Waals surface area contributed by atoms with Crippen molar-refractivity contribution in [1.82, 2.24) is 14.9 Å². The highest BCUT2D eigenvalue weighted by molar-refractivity contribution is 5.74. The zero-order valence-electron chi connectivity index (χ0n) is 17.5. The normalized spacial score (nSPS) is 12.2. The van der Waals surface area contributed by atoms with Crippen LogP contribution in [0.3, 0.4) is 0 Å². The number of imidazole rings is 1. The molecule has 0 fully saturated rings. The maximum absolute atomic E-state index is 5.92. The fraction of sp³-hybridized carbons (Fsp3) is 0.269. The van der Waals surface area contributed by atoms with Crippen molar-refractivity contribution in [2.75, 3.05) is 6.54 Å². The maximum atomic E-state index is 5.92. The van der Waals surface area contributed by atoms with Crippen molar-refractivity contribution >= 4 is 11.0 Å².